The van der Waals surface area contributed by atoms with Crippen LogP contribution < -0.4 is 0 Å². The van der Waals surface area contributed by atoms with Crippen LogP contribution in [0.25, 0.3) is 22.5 Å². The van der Waals surface area contributed by atoms with Crippen molar-refractivity contribution in [3.8, 4) is 22.5 Å². The first-order chi connectivity index (χ1) is 13.5. The van der Waals surface area contributed by atoms with Crippen LogP contribution in [0, 0.1) is 13.8 Å². The molecular formula is C22H20ClN3S2. The summed E-state index contributed by atoms with van der Waals surface area (Å²) in [5.41, 5.74) is 5.95. The second-order valence-electron chi connectivity index (χ2n) is 6.69. The van der Waals surface area contributed by atoms with Crippen LogP contribution in [-0.4, -0.2) is 14.8 Å². The number of hydrogen-bond acceptors (Lipinski definition) is 4. The van der Waals surface area contributed by atoms with Crippen LogP contribution in [0.5, 0.6) is 0 Å². The predicted molar refractivity (Wildman–Crippen MR) is 120 cm³/mol. The zero-order chi connectivity index (χ0) is 19.7. The molecule has 0 fully saturated rings. The van der Waals surface area contributed by atoms with Crippen LogP contribution in [0.15, 0.2) is 59.1 Å². The van der Waals surface area contributed by atoms with Crippen molar-refractivity contribution >= 4 is 34.7 Å². The van der Waals surface area contributed by atoms with Crippen LogP contribution in [0.3, 0.4) is 0 Å². The minimum absolute atomic E-state index is 0.763. The molecule has 0 atom stereocenters. The summed E-state index contributed by atoms with van der Waals surface area (Å²) >= 11 is 9.68. The van der Waals surface area contributed by atoms with E-state index in [1.807, 2.05) is 31.3 Å². The molecule has 0 aliphatic rings. The Morgan fingerprint density at radius 3 is 2.54 bits per heavy atom. The summed E-state index contributed by atoms with van der Waals surface area (Å²) in [6.07, 6.45) is 0. The van der Waals surface area contributed by atoms with Gasteiger partial charge in [0.25, 0.3) is 0 Å². The van der Waals surface area contributed by atoms with Crippen molar-refractivity contribution in [1.29, 1.82) is 0 Å². The molecule has 0 saturated carbocycles. The largest absolute Gasteiger partial charge is 0.305 e. The molecule has 28 heavy (non-hydrogen) atoms. The lowest BCUT2D eigenvalue weighted by Gasteiger charge is -2.08. The molecule has 2 aromatic heterocycles. The SMILES string of the molecule is Cc1ccc(-c2c(-c3nnc(SCc4ccccc4Cl)n3C)csc2C)cc1. The zero-order valence-corrected chi connectivity index (χ0v) is 18.3. The second kappa shape index (κ2) is 8.11. The molecule has 0 spiro atoms. The molecule has 2 aromatic carbocycles. The Balaban J connectivity index is 1.65. The van der Waals surface area contributed by atoms with Gasteiger partial charge in [0.05, 0.1) is 0 Å². The number of halogens is 1. The summed E-state index contributed by atoms with van der Waals surface area (Å²) < 4.78 is 2.07. The van der Waals surface area contributed by atoms with Gasteiger partial charge in [0.2, 0.25) is 0 Å². The Morgan fingerprint density at radius 2 is 1.79 bits per heavy atom. The average molecular weight is 426 g/mol. The van der Waals surface area contributed by atoms with Crippen LogP contribution in [0.1, 0.15) is 16.0 Å². The number of thioether (sulfide) groups is 1. The van der Waals surface area contributed by atoms with Crippen LogP contribution in [-0.2, 0) is 12.8 Å². The molecule has 0 radical (unpaired) electrons. The van der Waals surface area contributed by atoms with Gasteiger partial charge in [-0.15, -0.1) is 21.5 Å². The summed E-state index contributed by atoms with van der Waals surface area (Å²) in [5.74, 6) is 1.65. The third-order valence-electron chi connectivity index (χ3n) is 4.71. The molecule has 3 nitrogen and oxygen atoms in total. The minimum Gasteiger partial charge on any atom is -0.305 e. The van der Waals surface area contributed by atoms with E-state index in [0.717, 1.165) is 32.9 Å². The van der Waals surface area contributed by atoms with Gasteiger partial charge >= 0.3 is 0 Å². The summed E-state index contributed by atoms with van der Waals surface area (Å²) in [6, 6.07) is 16.6. The number of aromatic nitrogens is 3. The Bertz CT molecular complexity index is 1110. The first kappa shape index (κ1) is 19.2. The van der Waals surface area contributed by atoms with Gasteiger partial charge < -0.3 is 4.57 Å². The van der Waals surface area contributed by atoms with Crippen molar-refractivity contribution in [3.63, 3.8) is 0 Å². The van der Waals surface area contributed by atoms with Gasteiger partial charge in [-0.05, 0) is 31.0 Å². The number of rotatable bonds is 5. The van der Waals surface area contributed by atoms with Gasteiger partial charge in [0.1, 0.15) is 0 Å². The zero-order valence-electron chi connectivity index (χ0n) is 15.9. The highest BCUT2D eigenvalue weighted by atomic mass is 35.5. The summed E-state index contributed by atoms with van der Waals surface area (Å²) in [4.78, 5) is 1.28. The fourth-order valence-corrected chi connectivity index (χ4v) is 5.19. The summed E-state index contributed by atoms with van der Waals surface area (Å²) in [7, 11) is 2.02. The van der Waals surface area contributed by atoms with E-state index in [1.54, 1.807) is 23.1 Å². The second-order valence-corrected chi connectivity index (χ2v) is 9.13. The Labute approximate surface area is 178 Å². The number of benzene rings is 2. The maximum absolute atomic E-state index is 6.28. The molecule has 2 heterocycles. The monoisotopic (exact) mass is 425 g/mol. The van der Waals surface area contributed by atoms with Gasteiger partial charge in [-0.2, -0.15) is 0 Å². The Kier molecular flexibility index (Phi) is 5.58. The third-order valence-corrected chi connectivity index (χ3v) is 7.05. The molecule has 0 bridgehead atoms. The number of aryl methyl sites for hydroxylation is 2. The van der Waals surface area contributed by atoms with Crippen molar-refractivity contribution in [1.82, 2.24) is 14.8 Å². The van der Waals surface area contributed by atoms with Crippen LogP contribution >= 0.6 is 34.7 Å². The Hall–Kier alpha value is -2.08. The lowest BCUT2D eigenvalue weighted by molar-refractivity contribution is 0.794. The van der Waals surface area contributed by atoms with Gasteiger partial charge in [0.15, 0.2) is 11.0 Å². The molecule has 6 heteroatoms. The topological polar surface area (TPSA) is 30.7 Å². The molecular weight excluding hydrogens is 406 g/mol. The van der Waals surface area contributed by atoms with Crippen LogP contribution in [0.2, 0.25) is 5.02 Å². The van der Waals surface area contributed by atoms with Crippen molar-refractivity contribution in [3.05, 3.63) is 74.9 Å². The molecule has 0 saturated heterocycles. The molecule has 4 aromatic rings. The van der Waals surface area contributed by atoms with E-state index in [0.29, 0.717) is 0 Å². The lowest BCUT2D eigenvalue weighted by Crippen LogP contribution is -1.96. The van der Waals surface area contributed by atoms with Crippen molar-refractivity contribution in [2.45, 2.75) is 24.8 Å². The highest BCUT2D eigenvalue weighted by Gasteiger charge is 2.19. The average Bonchev–Trinajstić information content (AvgIpc) is 3.24. The van der Waals surface area contributed by atoms with Gasteiger partial charge in [-0.3, -0.25) is 0 Å². The van der Waals surface area contributed by atoms with E-state index in [2.05, 4.69) is 58.3 Å². The highest BCUT2D eigenvalue weighted by Crippen LogP contribution is 2.39. The first-order valence-electron chi connectivity index (χ1n) is 8.95. The third kappa shape index (κ3) is 3.75. The Morgan fingerprint density at radius 1 is 1.04 bits per heavy atom. The van der Waals surface area contributed by atoms with E-state index >= 15 is 0 Å². The van der Waals surface area contributed by atoms with E-state index in [-0.39, 0.29) is 0 Å². The number of thiophene rings is 1. The standard InChI is InChI=1S/C22H20ClN3S2/c1-14-8-10-16(11-9-14)20-15(2)27-13-18(20)21-24-25-22(26(21)3)28-12-17-6-4-5-7-19(17)23/h4-11,13H,12H2,1-3H3. The predicted octanol–water partition coefficient (Wildman–Crippen LogP) is 6.77. The molecule has 0 N–H and O–H groups in total. The van der Waals surface area contributed by atoms with E-state index < -0.39 is 0 Å². The lowest BCUT2D eigenvalue weighted by atomic mass is 10.0. The van der Waals surface area contributed by atoms with Crippen molar-refractivity contribution in [2.24, 2.45) is 7.05 Å². The van der Waals surface area contributed by atoms with Gasteiger partial charge in [-0.25, -0.2) is 0 Å². The molecule has 0 amide bonds. The van der Waals surface area contributed by atoms with Gasteiger partial charge in [-0.1, -0.05) is 71.4 Å². The molecule has 4 rings (SSSR count). The number of nitrogens with zero attached hydrogens (tertiary/aromatic N) is 3. The van der Waals surface area contributed by atoms with Crippen molar-refractivity contribution in [2.75, 3.05) is 0 Å². The van der Waals surface area contributed by atoms with Crippen LogP contribution in [0.4, 0.5) is 0 Å². The molecule has 142 valence electrons. The smallest absolute Gasteiger partial charge is 0.191 e. The van der Waals surface area contributed by atoms with Crippen molar-refractivity contribution < 1.29 is 0 Å². The maximum atomic E-state index is 6.28. The molecule has 0 aliphatic carbocycles. The first-order valence-corrected chi connectivity index (χ1v) is 11.2. The highest BCUT2D eigenvalue weighted by molar-refractivity contribution is 7.98. The fraction of sp³-hybridized carbons (Fsp3) is 0.182. The fourth-order valence-electron chi connectivity index (χ4n) is 3.13. The van der Waals surface area contributed by atoms with E-state index in [1.165, 1.54) is 21.6 Å². The minimum atomic E-state index is 0.763. The summed E-state index contributed by atoms with van der Waals surface area (Å²) in [6.45, 7) is 4.27. The maximum Gasteiger partial charge on any atom is 0.191 e. The van der Waals surface area contributed by atoms with E-state index in [4.69, 9.17) is 11.6 Å². The summed E-state index contributed by atoms with van der Waals surface area (Å²) in [5, 5.41) is 12.8. The number of hydrogen-bond donors (Lipinski definition) is 0. The van der Waals surface area contributed by atoms with E-state index in [9.17, 15) is 0 Å². The molecule has 0 aliphatic heterocycles. The van der Waals surface area contributed by atoms with Gasteiger partial charge in [0, 0.05) is 39.2 Å². The molecule has 0 unspecified atom stereocenters. The quantitative estimate of drug-likeness (QED) is 0.330. The normalized spacial score (nSPS) is 11.1.